The van der Waals surface area contributed by atoms with Crippen molar-refractivity contribution in [2.75, 3.05) is 32.6 Å². The topological polar surface area (TPSA) is 64.9 Å². The first-order chi connectivity index (χ1) is 14.1. The summed E-state index contributed by atoms with van der Waals surface area (Å²) in [5.74, 6) is 1.58. The number of nitrogens with zero attached hydrogens (tertiary/aromatic N) is 1. The SMILES string of the molecule is CC[NH+](CC(=O)Nc1ccc(OC)cc1)Cc1csc(-c2ccc(OC)cc2)n1. The number of hydrogen-bond acceptors (Lipinski definition) is 5. The summed E-state index contributed by atoms with van der Waals surface area (Å²) in [7, 11) is 3.28. The largest absolute Gasteiger partial charge is 0.497 e. The number of carbonyl (C=O) groups excluding carboxylic acids is 1. The van der Waals surface area contributed by atoms with Crippen molar-refractivity contribution >= 4 is 22.9 Å². The average molecular weight is 413 g/mol. The molecule has 3 aromatic rings. The van der Waals surface area contributed by atoms with Gasteiger partial charge in [0.25, 0.3) is 5.91 Å². The second-order valence-corrected chi connectivity index (χ2v) is 7.46. The first-order valence-electron chi connectivity index (χ1n) is 9.47. The third-order valence-corrected chi connectivity index (χ3v) is 5.54. The van der Waals surface area contributed by atoms with Crippen LogP contribution in [-0.4, -0.2) is 38.2 Å². The number of thiazole rings is 1. The van der Waals surface area contributed by atoms with Crippen molar-refractivity contribution < 1.29 is 19.2 Å². The zero-order valence-electron chi connectivity index (χ0n) is 16.9. The van der Waals surface area contributed by atoms with E-state index in [1.54, 1.807) is 25.6 Å². The number of carbonyl (C=O) groups is 1. The van der Waals surface area contributed by atoms with Gasteiger partial charge in [-0.3, -0.25) is 4.79 Å². The van der Waals surface area contributed by atoms with Crippen LogP contribution in [0.1, 0.15) is 12.6 Å². The summed E-state index contributed by atoms with van der Waals surface area (Å²) in [6.45, 7) is 4.01. The molecule has 2 N–H and O–H groups in total. The van der Waals surface area contributed by atoms with Crippen molar-refractivity contribution in [2.45, 2.75) is 13.5 Å². The molecule has 0 saturated heterocycles. The highest BCUT2D eigenvalue weighted by Crippen LogP contribution is 2.25. The molecule has 1 heterocycles. The molecule has 7 heteroatoms. The summed E-state index contributed by atoms with van der Waals surface area (Å²) in [6.07, 6.45) is 0. The van der Waals surface area contributed by atoms with Crippen LogP contribution in [0, 0.1) is 0 Å². The molecule has 1 aromatic heterocycles. The zero-order chi connectivity index (χ0) is 20.6. The number of anilines is 1. The second kappa shape index (κ2) is 10.0. The molecule has 6 nitrogen and oxygen atoms in total. The van der Waals surface area contributed by atoms with Crippen LogP contribution in [0.25, 0.3) is 10.6 Å². The molecule has 0 aliphatic heterocycles. The minimum Gasteiger partial charge on any atom is -0.497 e. The van der Waals surface area contributed by atoms with Crippen LogP contribution in [0.2, 0.25) is 0 Å². The summed E-state index contributed by atoms with van der Waals surface area (Å²) in [5.41, 5.74) is 2.83. The van der Waals surface area contributed by atoms with Crippen LogP contribution in [0.15, 0.2) is 53.9 Å². The maximum absolute atomic E-state index is 12.4. The van der Waals surface area contributed by atoms with Gasteiger partial charge in [-0.25, -0.2) is 4.98 Å². The van der Waals surface area contributed by atoms with E-state index in [2.05, 4.69) is 17.6 Å². The number of nitrogens with one attached hydrogen (secondary N) is 2. The molecule has 3 rings (SSSR count). The fourth-order valence-electron chi connectivity index (χ4n) is 2.93. The Kier molecular flexibility index (Phi) is 7.21. The Morgan fingerprint density at radius 1 is 1.03 bits per heavy atom. The molecular weight excluding hydrogens is 386 g/mol. The number of benzene rings is 2. The number of rotatable bonds is 9. The summed E-state index contributed by atoms with van der Waals surface area (Å²) in [5, 5.41) is 5.98. The van der Waals surface area contributed by atoms with Gasteiger partial charge in [-0.05, 0) is 55.5 Å². The maximum atomic E-state index is 12.4. The molecule has 29 heavy (non-hydrogen) atoms. The lowest BCUT2D eigenvalue weighted by molar-refractivity contribution is -0.904. The summed E-state index contributed by atoms with van der Waals surface area (Å²) >= 11 is 1.62. The highest BCUT2D eigenvalue weighted by Gasteiger charge is 2.16. The van der Waals surface area contributed by atoms with Crippen LogP contribution in [0.4, 0.5) is 5.69 Å². The number of methoxy groups -OCH3 is 2. The number of ether oxygens (including phenoxy) is 2. The van der Waals surface area contributed by atoms with Gasteiger partial charge in [0.05, 0.1) is 20.8 Å². The van der Waals surface area contributed by atoms with Gasteiger partial charge < -0.3 is 19.7 Å². The lowest BCUT2D eigenvalue weighted by atomic mass is 10.2. The molecule has 0 bridgehead atoms. The van der Waals surface area contributed by atoms with Gasteiger partial charge in [0.1, 0.15) is 28.7 Å². The first kappa shape index (κ1) is 20.8. The van der Waals surface area contributed by atoms with Crippen LogP contribution in [-0.2, 0) is 11.3 Å². The molecule has 0 fully saturated rings. The second-order valence-electron chi connectivity index (χ2n) is 6.61. The number of quaternary nitrogens is 1. The third-order valence-electron chi connectivity index (χ3n) is 4.60. The minimum absolute atomic E-state index is 0.0161. The van der Waals surface area contributed by atoms with Crippen molar-refractivity contribution in [3.8, 4) is 22.1 Å². The van der Waals surface area contributed by atoms with E-state index in [0.717, 1.165) is 44.9 Å². The Morgan fingerprint density at radius 3 is 2.24 bits per heavy atom. The molecule has 0 saturated carbocycles. The summed E-state index contributed by atoms with van der Waals surface area (Å²) < 4.78 is 10.3. The quantitative estimate of drug-likeness (QED) is 0.567. The molecular formula is C22H26N3O3S+. The van der Waals surface area contributed by atoms with E-state index in [9.17, 15) is 4.79 Å². The standard InChI is InChI=1S/C22H25N3O3S/c1-4-25(14-21(26)23-17-7-11-20(28-3)12-8-17)13-18-15-29-22(24-18)16-5-9-19(27-2)10-6-16/h5-12,15H,4,13-14H2,1-3H3,(H,23,26)/p+1. The normalized spacial score (nSPS) is 11.7. The zero-order valence-corrected chi connectivity index (χ0v) is 17.7. The van der Waals surface area contributed by atoms with Crippen molar-refractivity contribution in [2.24, 2.45) is 0 Å². The van der Waals surface area contributed by atoms with Crippen molar-refractivity contribution in [1.29, 1.82) is 0 Å². The minimum atomic E-state index is -0.0161. The van der Waals surface area contributed by atoms with Crippen molar-refractivity contribution in [3.05, 3.63) is 59.6 Å². The van der Waals surface area contributed by atoms with Gasteiger partial charge in [-0.15, -0.1) is 11.3 Å². The van der Waals surface area contributed by atoms with Gasteiger partial charge in [0.2, 0.25) is 0 Å². The number of aromatic nitrogens is 1. The predicted molar refractivity (Wildman–Crippen MR) is 116 cm³/mol. The molecule has 0 aliphatic rings. The molecule has 1 amide bonds. The van der Waals surface area contributed by atoms with E-state index in [1.807, 2.05) is 48.5 Å². The first-order valence-corrected chi connectivity index (χ1v) is 10.4. The Balaban J connectivity index is 1.57. The monoisotopic (exact) mass is 412 g/mol. The van der Waals surface area contributed by atoms with E-state index >= 15 is 0 Å². The predicted octanol–water partition coefficient (Wildman–Crippen LogP) is 2.87. The van der Waals surface area contributed by atoms with Crippen LogP contribution in [0.3, 0.4) is 0 Å². The van der Waals surface area contributed by atoms with Gasteiger partial charge in [0, 0.05) is 16.6 Å². The summed E-state index contributed by atoms with van der Waals surface area (Å²) in [4.78, 5) is 18.3. The Hall–Kier alpha value is -2.90. The number of likely N-dealkylation sites (N-methyl/N-ethyl adjacent to an activating group) is 1. The van der Waals surface area contributed by atoms with Gasteiger partial charge in [-0.2, -0.15) is 0 Å². The highest BCUT2D eigenvalue weighted by molar-refractivity contribution is 7.13. The Bertz CT molecular complexity index is 923. The van der Waals surface area contributed by atoms with Crippen molar-refractivity contribution in [1.82, 2.24) is 4.98 Å². The molecule has 0 spiro atoms. The van der Waals surface area contributed by atoms with Crippen LogP contribution in [0.5, 0.6) is 11.5 Å². The molecule has 0 aliphatic carbocycles. The van der Waals surface area contributed by atoms with E-state index in [1.165, 1.54) is 0 Å². The van der Waals surface area contributed by atoms with Crippen LogP contribution >= 0.6 is 11.3 Å². The molecule has 1 unspecified atom stereocenters. The average Bonchev–Trinajstić information content (AvgIpc) is 3.22. The van der Waals surface area contributed by atoms with Gasteiger partial charge >= 0.3 is 0 Å². The highest BCUT2D eigenvalue weighted by atomic mass is 32.1. The third kappa shape index (κ3) is 5.79. The number of hydrogen-bond donors (Lipinski definition) is 2. The lowest BCUT2D eigenvalue weighted by Crippen LogP contribution is -3.11. The van der Waals surface area contributed by atoms with Gasteiger partial charge in [-0.1, -0.05) is 0 Å². The van der Waals surface area contributed by atoms with Gasteiger partial charge in [0.15, 0.2) is 6.54 Å². The Morgan fingerprint density at radius 2 is 1.66 bits per heavy atom. The molecule has 0 radical (unpaired) electrons. The van der Waals surface area contributed by atoms with Crippen molar-refractivity contribution in [3.63, 3.8) is 0 Å². The maximum Gasteiger partial charge on any atom is 0.279 e. The molecule has 2 aromatic carbocycles. The van der Waals surface area contributed by atoms with E-state index in [0.29, 0.717) is 13.1 Å². The van der Waals surface area contributed by atoms with E-state index in [-0.39, 0.29) is 5.91 Å². The van der Waals surface area contributed by atoms with E-state index < -0.39 is 0 Å². The Labute approximate surface area is 175 Å². The molecule has 1 atom stereocenters. The lowest BCUT2D eigenvalue weighted by Gasteiger charge is -2.16. The smallest absolute Gasteiger partial charge is 0.279 e. The number of amides is 1. The van der Waals surface area contributed by atoms with Crippen LogP contribution < -0.4 is 19.7 Å². The fourth-order valence-corrected chi connectivity index (χ4v) is 3.76. The molecule has 152 valence electrons. The van der Waals surface area contributed by atoms with E-state index in [4.69, 9.17) is 14.5 Å². The fraction of sp³-hybridized carbons (Fsp3) is 0.273. The summed E-state index contributed by atoms with van der Waals surface area (Å²) in [6, 6.07) is 15.2.